The molecule has 2 aromatic rings. The Balaban J connectivity index is 1.80. The molecule has 0 bridgehead atoms. The summed E-state index contributed by atoms with van der Waals surface area (Å²) in [6, 6.07) is 10.3. The number of nitrogens with one attached hydrogen (secondary N) is 1. The Morgan fingerprint density at radius 3 is 2.56 bits per heavy atom. The number of nitrogens with zero attached hydrogens (tertiary/aromatic N) is 1. The van der Waals surface area contributed by atoms with Gasteiger partial charge < -0.3 is 10.2 Å². The molecule has 0 saturated carbocycles. The predicted octanol–water partition coefficient (Wildman–Crippen LogP) is 3.93. The van der Waals surface area contributed by atoms with Gasteiger partial charge in [0.05, 0.1) is 5.56 Å². The first-order valence-corrected chi connectivity index (χ1v) is 8.68. The average Bonchev–Trinajstić information content (AvgIpc) is 3.09. The maximum atomic E-state index is 13.1. The lowest BCUT2D eigenvalue weighted by Crippen LogP contribution is -2.28. The van der Waals surface area contributed by atoms with Crippen molar-refractivity contribution < 1.29 is 22.8 Å². The fourth-order valence-corrected chi connectivity index (χ4v) is 3.32. The molecule has 2 aromatic carbocycles. The van der Waals surface area contributed by atoms with Crippen molar-refractivity contribution in [2.24, 2.45) is 0 Å². The second-order valence-corrected chi connectivity index (χ2v) is 6.29. The standard InChI is InChI=1S/C20H19F3N2O2/c1-2-18(26)25-11-10-14-15(7-5-9-17(14)25)19(27)24-12-13-6-3-4-8-16(13)20(21,22)23/h3-9H,2,10-12H2,1H3,(H,24,27). The van der Waals surface area contributed by atoms with Crippen molar-refractivity contribution in [2.75, 3.05) is 11.4 Å². The molecule has 0 radical (unpaired) electrons. The number of hydrogen-bond acceptors (Lipinski definition) is 2. The summed E-state index contributed by atoms with van der Waals surface area (Å²) in [6.07, 6.45) is -3.57. The molecule has 7 heteroatoms. The zero-order chi connectivity index (χ0) is 19.6. The quantitative estimate of drug-likeness (QED) is 0.879. The van der Waals surface area contributed by atoms with E-state index in [4.69, 9.17) is 0 Å². The van der Waals surface area contributed by atoms with Crippen molar-refractivity contribution in [3.05, 3.63) is 64.7 Å². The minimum Gasteiger partial charge on any atom is -0.348 e. The Bertz CT molecular complexity index is 878. The third-order valence-electron chi connectivity index (χ3n) is 4.64. The van der Waals surface area contributed by atoms with Crippen LogP contribution in [0.1, 0.15) is 40.4 Å². The summed E-state index contributed by atoms with van der Waals surface area (Å²) in [5.74, 6) is -0.472. The molecule has 0 saturated heterocycles. The number of carbonyl (C=O) groups is 2. The van der Waals surface area contributed by atoms with E-state index in [1.807, 2.05) is 0 Å². The first-order chi connectivity index (χ1) is 12.8. The van der Waals surface area contributed by atoms with E-state index in [1.54, 1.807) is 30.0 Å². The van der Waals surface area contributed by atoms with Gasteiger partial charge in [0, 0.05) is 30.8 Å². The van der Waals surface area contributed by atoms with Gasteiger partial charge in [-0.15, -0.1) is 0 Å². The van der Waals surface area contributed by atoms with E-state index in [0.717, 1.165) is 11.6 Å². The summed E-state index contributed by atoms with van der Waals surface area (Å²) in [7, 11) is 0. The highest BCUT2D eigenvalue weighted by Gasteiger charge is 2.33. The van der Waals surface area contributed by atoms with Gasteiger partial charge in [-0.3, -0.25) is 9.59 Å². The van der Waals surface area contributed by atoms with Crippen LogP contribution in [0, 0.1) is 0 Å². The minimum absolute atomic E-state index is 0.00807. The van der Waals surface area contributed by atoms with Crippen molar-refractivity contribution in [3.8, 4) is 0 Å². The highest BCUT2D eigenvalue weighted by Crippen LogP contribution is 2.33. The molecular formula is C20H19F3N2O2. The van der Waals surface area contributed by atoms with Gasteiger partial charge in [0.1, 0.15) is 0 Å². The smallest absolute Gasteiger partial charge is 0.348 e. The number of alkyl halides is 3. The maximum absolute atomic E-state index is 13.1. The molecule has 3 rings (SSSR count). The van der Waals surface area contributed by atoms with E-state index in [9.17, 15) is 22.8 Å². The monoisotopic (exact) mass is 376 g/mol. The predicted molar refractivity (Wildman–Crippen MR) is 95.4 cm³/mol. The third kappa shape index (κ3) is 3.82. The molecule has 0 fully saturated rings. The number of fused-ring (bicyclic) bond motifs is 1. The summed E-state index contributed by atoms with van der Waals surface area (Å²) in [4.78, 5) is 26.3. The minimum atomic E-state index is -4.48. The second-order valence-electron chi connectivity index (χ2n) is 6.29. The molecule has 27 heavy (non-hydrogen) atoms. The molecule has 0 aromatic heterocycles. The Labute approximate surface area is 155 Å². The summed E-state index contributed by atoms with van der Waals surface area (Å²) >= 11 is 0. The zero-order valence-corrected chi connectivity index (χ0v) is 14.8. The van der Waals surface area contributed by atoms with Crippen molar-refractivity contribution in [1.29, 1.82) is 0 Å². The largest absolute Gasteiger partial charge is 0.416 e. The number of amides is 2. The lowest BCUT2D eigenvalue weighted by atomic mass is 10.0. The van der Waals surface area contributed by atoms with Crippen molar-refractivity contribution in [1.82, 2.24) is 5.32 Å². The topological polar surface area (TPSA) is 49.4 Å². The number of halogens is 3. The number of rotatable bonds is 4. The Hall–Kier alpha value is -2.83. The van der Waals surface area contributed by atoms with E-state index < -0.39 is 17.6 Å². The van der Waals surface area contributed by atoms with Crippen LogP contribution in [-0.2, 0) is 23.9 Å². The Kier molecular flexibility index (Phi) is 5.21. The normalized spacial score (nSPS) is 13.4. The summed E-state index contributed by atoms with van der Waals surface area (Å²) in [6.45, 7) is 2.05. The first-order valence-electron chi connectivity index (χ1n) is 8.68. The van der Waals surface area contributed by atoms with Crippen LogP contribution >= 0.6 is 0 Å². The molecule has 0 aliphatic carbocycles. The fourth-order valence-electron chi connectivity index (χ4n) is 3.32. The lowest BCUT2D eigenvalue weighted by molar-refractivity contribution is -0.138. The Morgan fingerprint density at radius 2 is 1.85 bits per heavy atom. The molecular weight excluding hydrogens is 357 g/mol. The maximum Gasteiger partial charge on any atom is 0.416 e. The van der Waals surface area contributed by atoms with Crippen LogP contribution in [0.2, 0.25) is 0 Å². The molecule has 1 N–H and O–H groups in total. The van der Waals surface area contributed by atoms with Crippen LogP contribution in [0.3, 0.4) is 0 Å². The summed E-state index contributed by atoms with van der Waals surface area (Å²) in [5.41, 5.74) is 1.09. The summed E-state index contributed by atoms with van der Waals surface area (Å²) in [5, 5.41) is 2.57. The molecule has 1 heterocycles. The van der Waals surface area contributed by atoms with E-state index in [2.05, 4.69) is 5.32 Å². The Morgan fingerprint density at radius 1 is 1.11 bits per heavy atom. The van der Waals surface area contributed by atoms with Crippen LogP contribution in [0.5, 0.6) is 0 Å². The van der Waals surface area contributed by atoms with E-state index >= 15 is 0 Å². The highest BCUT2D eigenvalue weighted by atomic mass is 19.4. The van der Waals surface area contributed by atoms with Gasteiger partial charge >= 0.3 is 6.18 Å². The van der Waals surface area contributed by atoms with Gasteiger partial charge in [-0.05, 0) is 35.7 Å². The van der Waals surface area contributed by atoms with Crippen molar-refractivity contribution >= 4 is 17.5 Å². The molecule has 4 nitrogen and oxygen atoms in total. The molecule has 2 amide bonds. The van der Waals surface area contributed by atoms with Crippen LogP contribution in [0.15, 0.2) is 42.5 Å². The van der Waals surface area contributed by atoms with E-state index in [-0.39, 0.29) is 18.0 Å². The van der Waals surface area contributed by atoms with Gasteiger partial charge in [-0.2, -0.15) is 13.2 Å². The van der Waals surface area contributed by atoms with Crippen LogP contribution in [-0.4, -0.2) is 18.4 Å². The van der Waals surface area contributed by atoms with Gasteiger partial charge in [-0.25, -0.2) is 0 Å². The number of anilines is 1. The third-order valence-corrected chi connectivity index (χ3v) is 4.64. The second kappa shape index (κ2) is 7.42. The van der Waals surface area contributed by atoms with Gasteiger partial charge in [0.15, 0.2) is 0 Å². The van der Waals surface area contributed by atoms with Gasteiger partial charge in [-0.1, -0.05) is 31.2 Å². The summed E-state index contributed by atoms with van der Waals surface area (Å²) < 4.78 is 39.2. The zero-order valence-electron chi connectivity index (χ0n) is 14.8. The van der Waals surface area contributed by atoms with Crippen molar-refractivity contribution in [3.63, 3.8) is 0 Å². The van der Waals surface area contributed by atoms with E-state index in [0.29, 0.717) is 30.6 Å². The highest BCUT2D eigenvalue weighted by molar-refractivity contribution is 6.01. The number of carbonyl (C=O) groups excluding carboxylic acids is 2. The number of hydrogen-bond donors (Lipinski definition) is 1. The molecule has 0 unspecified atom stereocenters. The van der Waals surface area contributed by atoms with Crippen LogP contribution in [0.25, 0.3) is 0 Å². The van der Waals surface area contributed by atoms with Crippen LogP contribution in [0.4, 0.5) is 18.9 Å². The van der Waals surface area contributed by atoms with Gasteiger partial charge in [0.25, 0.3) is 5.91 Å². The van der Waals surface area contributed by atoms with Crippen LogP contribution < -0.4 is 10.2 Å². The lowest BCUT2D eigenvalue weighted by Gasteiger charge is -2.17. The number of benzene rings is 2. The first kappa shape index (κ1) is 18.9. The molecule has 1 aliphatic rings. The fraction of sp³-hybridized carbons (Fsp3) is 0.300. The SMILES string of the molecule is CCC(=O)N1CCc2c(C(=O)NCc3ccccc3C(F)(F)F)cccc21. The molecule has 142 valence electrons. The molecule has 1 aliphatic heterocycles. The van der Waals surface area contributed by atoms with Gasteiger partial charge in [0.2, 0.25) is 5.91 Å². The van der Waals surface area contributed by atoms with E-state index in [1.165, 1.54) is 18.2 Å². The average molecular weight is 376 g/mol. The molecule has 0 spiro atoms. The van der Waals surface area contributed by atoms with Crippen molar-refractivity contribution in [2.45, 2.75) is 32.5 Å². The molecule has 0 atom stereocenters.